The van der Waals surface area contributed by atoms with E-state index in [1.165, 1.54) is 11.1 Å². The lowest BCUT2D eigenvalue weighted by Gasteiger charge is -2.39. The summed E-state index contributed by atoms with van der Waals surface area (Å²) < 4.78 is 29.4. The zero-order chi connectivity index (χ0) is 28.8. The summed E-state index contributed by atoms with van der Waals surface area (Å²) in [5.41, 5.74) is 3.45. The van der Waals surface area contributed by atoms with Gasteiger partial charge in [-0.2, -0.15) is 4.31 Å². The fourth-order valence-electron chi connectivity index (χ4n) is 4.91. The van der Waals surface area contributed by atoms with Gasteiger partial charge in [0, 0.05) is 41.0 Å². The number of nitrogens with one attached hydrogen (secondary N) is 2. The third-order valence-corrected chi connectivity index (χ3v) is 9.72. The van der Waals surface area contributed by atoms with Crippen molar-refractivity contribution in [2.24, 2.45) is 0 Å². The first-order valence-electron chi connectivity index (χ1n) is 13.1. The van der Waals surface area contributed by atoms with Crippen LogP contribution in [0.15, 0.2) is 114 Å². The quantitative estimate of drug-likeness (QED) is 0.196. The largest absolute Gasteiger partial charge is 0.332 e. The highest BCUT2D eigenvalue weighted by Crippen LogP contribution is 2.30. The number of nitrogens with zero attached hydrogens (tertiary/aromatic N) is 2. The van der Waals surface area contributed by atoms with Crippen molar-refractivity contribution in [1.82, 2.24) is 14.5 Å². The number of sulfonamides is 1. The Morgan fingerprint density at radius 3 is 1.93 bits per heavy atom. The first-order valence-corrected chi connectivity index (χ1v) is 16.1. The zero-order valence-electron chi connectivity index (χ0n) is 22.1. The van der Waals surface area contributed by atoms with Gasteiger partial charge in [-0.3, -0.25) is 15.0 Å². The number of halogens is 1. The summed E-state index contributed by atoms with van der Waals surface area (Å²) in [6.45, 7) is 2.02. The summed E-state index contributed by atoms with van der Waals surface area (Å²) >= 11 is 7.42. The Morgan fingerprint density at radius 2 is 1.37 bits per heavy atom. The molecule has 2 N–H and O–H groups in total. The van der Waals surface area contributed by atoms with Gasteiger partial charge in [-0.1, -0.05) is 66.7 Å². The Hall–Kier alpha value is -3.16. The maximum absolute atomic E-state index is 13.5. The molecular weight excluding hydrogens is 667 g/mol. The molecule has 4 aromatic carbocycles. The lowest BCUT2D eigenvalue weighted by Crippen LogP contribution is -2.49. The summed E-state index contributed by atoms with van der Waals surface area (Å²) in [5, 5.41) is 5.73. The molecule has 0 atom stereocenters. The highest BCUT2D eigenvalue weighted by molar-refractivity contribution is 14.1. The molecule has 0 spiro atoms. The molecule has 10 heteroatoms. The molecule has 1 aliphatic heterocycles. The molecule has 7 nitrogen and oxygen atoms in total. The number of amides is 1. The van der Waals surface area contributed by atoms with Crippen molar-refractivity contribution in [3.05, 3.63) is 129 Å². The smallest absolute Gasteiger partial charge is 0.257 e. The Morgan fingerprint density at radius 1 is 0.780 bits per heavy atom. The van der Waals surface area contributed by atoms with Gasteiger partial charge in [0.25, 0.3) is 5.91 Å². The molecule has 0 aromatic heterocycles. The minimum absolute atomic E-state index is 0.0578. The van der Waals surface area contributed by atoms with Crippen molar-refractivity contribution in [1.29, 1.82) is 0 Å². The van der Waals surface area contributed by atoms with E-state index in [1.54, 1.807) is 46.8 Å². The average Bonchev–Trinajstić information content (AvgIpc) is 2.99. The van der Waals surface area contributed by atoms with Crippen LogP contribution in [0.1, 0.15) is 27.5 Å². The van der Waals surface area contributed by atoms with Crippen LogP contribution in [0.5, 0.6) is 0 Å². The first kappa shape index (κ1) is 29.3. The van der Waals surface area contributed by atoms with Gasteiger partial charge >= 0.3 is 0 Å². The Kier molecular flexibility index (Phi) is 9.46. The topological polar surface area (TPSA) is 81.8 Å². The lowest BCUT2D eigenvalue weighted by molar-refractivity contribution is 0.0977. The second-order valence-corrected chi connectivity index (χ2v) is 13.2. The van der Waals surface area contributed by atoms with Crippen molar-refractivity contribution in [3.8, 4) is 0 Å². The number of rotatable bonds is 7. The Bertz CT molecular complexity index is 1570. The van der Waals surface area contributed by atoms with E-state index in [1.807, 2.05) is 42.5 Å². The number of benzene rings is 4. The summed E-state index contributed by atoms with van der Waals surface area (Å²) in [7, 11) is -3.67. The zero-order valence-corrected chi connectivity index (χ0v) is 25.9. The number of thiocarbonyl (C=S) groups is 1. The molecule has 1 amide bonds. The SMILES string of the molecule is O=C(NC(=S)Nc1ccc(S(=O)(=O)N2CCN(C(c3ccccc3)c3ccccc3)CC2)cc1)c1cccc(I)c1. The minimum atomic E-state index is -3.67. The molecule has 5 rings (SSSR count). The number of carbonyl (C=O) groups excluding carboxylic acids is 1. The van der Waals surface area contributed by atoms with E-state index >= 15 is 0 Å². The molecule has 0 aliphatic carbocycles. The van der Waals surface area contributed by atoms with Gasteiger partial charge in [0.1, 0.15) is 0 Å². The number of carbonyl (C=O) groups is 1. The predicted octanol–water partition coefficient (Wildman–Crippen LogP) is 5.51. The average molecular weight is 697 g/mol. The van der Waals surface area contributed by atoms with Crippen molar-refractivity contribution >= 4 is 61.5 Å². The monoisotopic (exact) mass is 696 g/mol. The van der Waals surface area contributed by atoms with Crippen LogP contribution < -0.4 is 10.6 Å². The van der Waals surface area contributed by atoms with E-state index in [0.29, 0.717) is 37.4 Å². The molecule has 1 aliphatic rings. The van der Waals surface area contributed by atoms with Crippen LogP contribution in [0.25, 0.3) is 0 Å². The predicted molar refractivity (Wildman–Crippen MR) is 174 cm³/mol. The van der Waals surface area contributed by atoms with Gasteiger partial charge < -0.3 is 5.32 Å². The third kappa shape index (κ3) is 7.19. The summed E-state index contributed by atoms with van der Waals surface area (Å²) in [6, 6.07) is 34.3. The van der Waals surface area contributed by atoms with Crippen LogP contribution in [-0.2, 0) is 10.0 Å². The molecule has 0 unspecified atom stereocenters. The Balaban J connectivity index is 1.21. The van der Waals surface area contributed by atoms with Gasteiger partial charge in [0.05, 0.1) is 10.9 Å². The summed E-state index contributed by atoms with van der Waals surface area (Å²) in [5.74, 6) is -0.318. The van der Waals surface area contributed by atoms with E-state index < -0.39 is 10.0 Å². The normalized spacial score (nSPS) is 14.5. The van der Waals surface area contributed by atoms with E-state index in [0.717, 1.165) is 3.57 Å². The van der Waals surface area contributed by atoms with Gasteiger partial charge in [-0.15, -0.1) is 0 Å². The van der Waals surface area contributed by atoms with Crippen molar-refractivity contribution < 1.29 is 13.2 Å². The second kappa shape index (κ2) is 13.2. The molecule has 0 saturated carbocycles. The first-order chi connectivity index (χ1) is 19.8. The summed E-state index contributed by atoms with van der Waals surface area (Å²) in [6.07, 6.45) is 0. The van der Waals surface area contributed by atoms with Gasteiger partial charge in [0.2, 0.25) is 10.0 Å². The molecule has 41 heavy (non-hydrogen) atoms. The number of anilines is 1. The Labute approximate surface area is 259 Å². The van der Waals surface area contributed by atoms with E-state index in [9.17, 15) is 13.2 Å². The second-order valence-electron chi connectivity index (χ2n) is 9.61. The highest BCUT2D eigenvalue weighted by atomic mass is 127. The molecular formula is C31H29IN4O3S2. The maximum atomic E-state index is 13.5. The van der Waals surface area contributed by atoms with Crippen LogP contribution in [0.4, 0.5) is 5.69 Å². The third-order valence-electron chi connectivity index (χ3n) is 6.93. The fraction of sp³-hybridized carbons (Fsp3) is 0.161. The molecule has 0 bridgehead atoms. The van der Waals surface area contributed by atoms with Crippen molar-refractivity contribution in [3.63, 3.8) is 0 Å². The van der Waals surface area contributed by atoms with Gasteiger partial charge in [-0.05, 0) is 88.4 Å². The van der Waals surface area contributed by atoms with Crippen molar-refractivity contribution in [2.75, 3.05) is 31.5 Å². The van der Waals surface area contributed by atoms with Crippen LogP contribution in [-0.4, -0.2) is 54.8 Å². The fourth-order valence-corrected chi connectivity index (χ4v) is 7.09. The minimum Gasteiger partial charge on any atom is -0.332 e. The maximum Gasteiger partial charge on any atom is 0.257 e. The summed E-state index contributed by atoms with van der Waals surface area (Å²) in [4.78, 5) is 15.0. The number of piperazine rings is 1. The van der Waals surface area contributed by atoms with Crippen molar-refractivity contribution in [2.45, 2.75) is 10.9 Å². The van der Waals surface area contributed by atoms with Gasteiger partial charge in [-0.25, -0.2) is 8.42 Å². The van der Waals surface area contributed by atoms with Crippen LogP contribution in [0.3, 0.4) is 0 Å². The molecule has 0 radical (unpaired) electrons. The lowest BCUT2D eigenvalue weighted by atomic mass is 9.96. The number of hydrogen-bond acceptors (Lipinski definition) is 5. The standard InChI is InChI=1S/C31H29IN4O3S2/c32-26-13-7-12-25(22-26)30(37)34-31(40)33-27-14-16-28(17-15-27)41(38,39)36-20-18-35(19-21-36)29(23-8-3-1-4-9-23)24-10-5-2-6-11-24/h1-17,22,29H,18-21H2,(H2,33,34,37,40). The van der Waals surface area contributed by atoms with Crippen LogP contribution in [0, 0.1) is 3.57 Å². The molecule has 1 heterocycles. The highest BCUT2D eigenvalue weighted by Gasteiger charge is 2.32. The molecule has 1 fully saturated rings. The van der Waals surface area contributed by atoms with Gasteiger partial charge in [0.15, 0.2) is 5.11 Å². The van der Waals surface area contributed by atoms with E-state index in [-0.39, 0.29) is 22.0 Å². The van der Waals surface area contributed by atoms with Crippen LogP contribution in [0.2, 0.25) is 0 Å². The number of hydrogen-bond donors (Lipinski definition) is 2. The molecule has 1 saturated heterocycles. The molecule has 210 valence electrons. The van der Waals surface area contributed by atoms with E-state index in [4.69, 9.17) is 12.2 Å². The van der Waals surface area contributed by atoms with Crippen LogP contribution >= 0.6 is 34.8 Å². The molecule has 4 aromatic rings. The van der Waals surface area contributed by atoms with E-state index in [2.05, 4.69) is 62.4 Å².